The van der Waals surface area contributed by atoms with Gasteiger partial charge in [0, 0.05) is 6.04 Å². The van der Waals surface area contributed by atoms with E-state index < -0.39 is 12.5 Å². The zero-order valence-electron chi connectivity index (χ0n) is 8.27. The predicted molar refractivity (Wildman–Crippen MR) is 47.5 cm³/mol. The Balaban J connectivity index is 3.85. The Hall–Kier alpha value is -0.180. The van der Waals surface area contributed by atoms with Gasteiger partial charge >= 0.3 is 0 Å². The van der Waals surface area contributed by atoms with Crippen LogP contribution in [0.4, 0.5) is 8.78 Å². The first-order valence-electron chi connectivity index (χ1n) is 4.53. The quantitative estimate of drug-likeness (QED) is 0.684. The minimum atomic E-state index is -2.27. The third-order valence-electron chi connectivity index (χ3n) is 2.10. The van der Waals surface area contributed by atoms with Gasteiger partial charge in [0.25, 0.3) is 6.43 Å². The van der Waals surface area contributed by atoms with Crippen molar-refractivity contribution in [1.82, 2.24) is 5.32 Å². The van der Waals surface area contributed by atoms with Crippen molar-refractivity contribution < 1.29 is 8.78 Å². The van der Waals surface area contributed by atoms with Gasteiger partial charge in [0.15, 0.2) is 0 Å². The third-order valence-corrected chi connectivity index (χ3v) is 2.10. The molecule has 0 saturated heterocycles. The SMILES string of the molecule is CCC(NC(C)C(F)F)C(C)C. The normalized spacial score (nSPS) is 17.0. The summed E-state index contributed by atoms with van der Waals surface area (Å²) < 4.78 is 24.3. The fourth-order valence-electron chi connectivity index (χ4n) is 1.19. The maximum absolute atomic E-state index is 12.1. The van der Waals surface area contributed by atoms with Crippen molar-refractivity contribution in [2.45, 2.75) is 52.6 Å². The van der Waals surface area contributed by atoms with Crippen LogP contribution in [0.3, 0.4) is 0 Å². The largest absolute Gasteiger partial charge is 0.306 e. The maximum Gasteiger partial charge on any atom is 0.253 e. The van der Waals surface area contributed by atoms with Crippen molar-refractivity contribution in [2.75, 3.05) is 0 Å². The van der Waals surface area contributed by atoms with E-state index in [-0.39, 0.29) is 6.04 Å². The van der Waals surface area contributed by atoms with Gasteiger partial charge < -0.3 is 5.32 Å². The molecule has 0 aliphatic carbocycles. The van der Waals surface area contributed by atoms with Gasteiger partial charge in [-0.3, -0.25) is 0 Å². The monoisotopic (exact) mass is 179 g/mol. The Morgan fingerprint density at radius 3 is 1.92 bits per heavy atom. The average Bonchev–Trinajstić information content (AvgIpc) is 1.98. The lowest BCUT2D eigenvalue weighted by Gasteiger charge is -2.24. The Morgan fingerprint density at radius 1 is 1.17 bits per heavy atom. The molecule has 3 heteroatoms. The van der Waals surface area contributed by atoms with Crippen molar-refractivity contribution in [3.8, 4) is 0 Å². The topological polar surface area (TPSA) is 12.0 Å². The summed E-state index contributed by atoms with van der Waals surface area (Å²) in [4.78, 5) is 0. The first-order chi connectivity index (χ1) is 5.49. The van der Waals surface area contributed by atoms with Gasteiger partial charge in [-0.2, -0.15) is 0 Å². The lowest BCUT2D eigenvalue weighted by atomic mass is 10.0. The minimum Gasteiger partial charge on any atom is -0.306 e. The molecule has 74 valence electrons. The zero-order valence-corrected chi connectivity index (χ0v) is 8.27. The van der Waals surface area contributed by atoms with Gasteiger partial charge in [-0.1, -0.05) is 20.8 Å². The molecule has 0 aromatic carbocycles. The molecule has 12 heavy (non-hydrogen) atoms. The summed E-state index contributed by atoms with van der Waals surface area (Å²) >= 11 is 0. The van der Waals surface area contributed by atoms with Crippen LogP contribution in [-0.4, -0.2) is 18.5 Å². The van der Waals surface area contributed by atoms with Crippen molar-refractivity contribution >= 4 is 0 Å². The standard InChI is InChI=1S/C9H19F2N/c1-5-8(6(2)3)12-7(4)9(10)11/h6-9,12H,5H2,1-4H3. The van der Waals surface area contributed by atoms with E-state index in [2.05, 4.69) is 5.32 Å². The van der Waals surface area contributed by atoms with Crippen LogP contribution in [0.5, 0.6) is 0 Å². The Labute approximate surface area is 73.5 Å². The first-order valence-corrected chi connectivity index (χ1v) is 4.53. The highest BCUT2D eigenvalue weighted by atomic mass is 19.3. The number of hydrogen-bond donors (Lipinski definition) is 1. The van der Waals surface area contributed by atoms with E-state index in [1.165, 1.54) is 6.92 Å². The summed E-state index contributed by atoms with van der Waals surface area (Å²) in [5.74, 6) is 0.413. The van der Waals surface area contributed by atoms with Gasteiger partial charge in [0.2, 0.25) is 0 Å². The van der Waals surface area contributed by atoms with Gasteiger partial charge in [-0.15, -0.1) is 0 Å². The fourth-order valence-corrected chi connectivity index (χ4v) is 1.19. The lowest BCUT2D eigenvalue weighted by molar-refractivity contribution is 0.0954. The minimum absolute atomic E-state index is 0.203. The fraction of sp³-hybridized carbons (Fsp3) is 1.00. The predicted octanol–water partition coefficient (Wildman–Crippen LogP) is 2.66. The number of rotatable bonds is 5. The second-order valence-electron chi connectivity index (χ2n) is 3.55. The third kappa shape index (κ3) is 4.00. The Morgan fingerprint density at radius 2 is 1.67 bits per heavy atom. The second-order valence-corrected chi connectivity index (χ2v) is 3.55. The molecule has 0 spiro atoms. The Bertz CT molecular complexity index is 115. The van der Waals surface area contributed by atoms with Crippen molar-refractivity contribution in [1.29, 1.82) is 0 Å². The number of alkyl halides is 2. The van der Waals surface area contributed by atoms with E-state index in [0.717, 1.165) is 6.42 Å². The summed E-state index contributed by atoms with van der Waals surface area (Å²) in [6.45, 7) is 7.62. The Kier molecular flexibility index (Phi) is 5.38. The lowest BCUT2D eigenvalue weighted by Crippen LogP contribution is -2.43. The van der Waals surface area contributed by atoms with Crippen LogP contribution in [0.1, 0.15) is 34.1 Å². The molecule has 0 saturated carbocycles. The molecule has 0 fully saturated rings. The molecule has 0 aromatic rings. The molecule has 0 amide bonds. The van der Waals surface area contributed by atoms with E-state index in [1.54, 1.807) is 0 Å². The average molecular weight is 179 g/mol. The highest BCUT2D eigenvalue weighted by molar-refractivity contribution is 4.74. The molecule has 0 heterocycles. The molecule has 2 unspecified atom stereocenters. The van der Waals surface area contributed by atoms with Gasteiger partial charge in [-0.05, 0) is 19.3 Å². The highest BCUT2D eigenvalue weighted by Crippen LogP contribution is 2.09. The summed E-state index contributed by atoms with van der Waals surface area (Å²) in [5.41, 5.74) is 0. The molecule has 0 aliphatic heterocycles. The highest BCUT2D eigenvalue weighted by Gasteiger charge is 2.19. The second kappa shape index (κ2) is 5.46. The van der Waals surface area contributed by atoms with E-state index >= 15 is 0 Å². The molecule has 0 radical (unpaired) electrons. The molecule has 0 aliphatic rings. The number of nitrogens with one attached hydrogen (secondary N) is 1. The van der Waals surface area contributed by atoms with Crippen LogP contribution < -0.4 is 5.32 Å². The molecule has 0 bridgehead atoms. The van der Waals surface area contributed by atoms with Crippen LogP contribution in [0.15, 0.2) is 0 Å². The van der Waals surface area contributed by atoms with Gasteiger partial charge in [0.1, 0.15) is 0 Å². The van der Waals surface area contributed by atoms with Gasteiger partial charge in [-0.25, -0.2) is 8.78 Å². The molecule has 2 atom stereocenters. The van der Waals surface area contributed by atoms with E-state index in [4.69, 9.17) is 0 Å². The maximum atomic E-state index is 12.1. The van der Waals surface area contributed by atoms with Crippen molar-refractivity contribution in [3.63, 3.8) is 0 Å². The zero-order chi connectivity index (χ0) is 9.72. The van der Waals surface area contributed by atoms with Crippen LogP contribution in [0, 0.1) is 5.92 Å². The number of halogens is 2. The molecule has 1 nitrogen and oxygen atoms in total. The van der Waals surface area contributed by atoms with Crippen LogP contribution in [-0.2, 0) is 0 Å². The molecule has 0 rings (SSSR count). The van der Waals surface area contributed by atoms with Crippen LogP contribution in [0.25, 0.3) is 0 Å². The van der Waals surface area contributed by atoms with E-state index in [9.17, 15) is 8.78 Å². The molecule has 0 aromatic heterocycles. The molecule has 1 N–H and O–H groups in total. The summed E-state index contributed by atoms with van der Waals surface area (Å²) in [7, 11) is 0. The number of hydrogen-bond acceptors (Lipinski definition) is 1. The summed E-state index contributed by atoms with van der Waals surface area (Å²) in [5, 5.41) is 2.92. The smallest absolute Gasteiger partial charge is 0.253 e. The van der Waals surface area contributed by atoms with Crippen molar-refractivity contribution in [3.05, 3.63) is 0 Å². The molecular formula is C9H19F2N. The first kappa shape index (κ1) is 11.8. The summed E-state index contributed by atoms with van der Waals surface area (Å²) in [6.07, 6.45) is -1.37. The van der Waals surface area contributed by atoms with Crippen LogP contribution >= 0.6 is 0 Å². The van der Waals surface area contributed by atoms with E-state index in [0.29, 0.717) is 5.92 Å². The summed E-state index contributed by atoms with van der Waals surface area (Å²) in [6, 6.07) is -0.494. The molecular weight excluding hydrogens is 160 g/mol. The van der Waals surface area contributed by atoms with E-state index in [1.807, 2.05) is 20.8 Å². The van der Waals surface area contributed by atoms with Gasteiger partial charge in [0.05, 0.1) is 6.04 Å². The van der Waals surface area contributed by atoms with Crippen molar-refractivity contribution in [2.24, 2.45) is 5.92 Å². The van der Waals surface area contributed by atoms with Crippen LogP contribution in [0.2, 0.25) is 0 Å².